The van der Waals surface area contributed by atoms with Crippen molar-refractivity contribution in [1.29, 1.82) is 0 Å². The highest BCUT2D eigenvalue weighted by Gasteiger charge is 2.18. The molecule has 0 aliphatic rings. The van der Waals surface area contributed by atoms with Gasteiger partial charge in [-0.3, -0.25) is 0 Å². The van der Waals surface area contributed by atoms with Crippen LogP contribution in [0.5, 0.6) is 0 Å². The lowest BCUT2D eigenvalue weighted by Gasteiger charge is -2.10. The molecule has 0 saturated heterocycles. The fourth-order valence-corrected chi connectivity index (χ4v) is 2.28. The van der Waals surface area contributed by atoms with E-state index in [4.69, 9.17) is 27.6 Å². The first-order chi connectivity index (χ1) is 7.99. The zero-order valence-electron chi connectivity index (χ0n) is 8.81. The van der Waals surface area contributed by atoms with Crippen molar-refractivity contribution < 1.29 is 8.81 Å². The number of aryl methyl sites for hydroxylation is 1. The van der Waals surface area contributed by atoms with E-state index in [1.165, 1.54) is 18.4 Å². The summed E-state index contributed by atoms with van der Waals surface area (Å²) < 4.78 is 19.4. The van der Waals surface area contributed by atoms with Gasteiger partial charge in [0, 0.05) is 15.6 Å². The summed E-state index contributed by atoms with van der Waals surface area (Å²) in [5.41, 5.74) is 1.04. The number of alkyl halides is 1. The van der Waals surface area contributed by atoms with Crippen LogP contribution in [0.4, 0.5) is 4.39 Å². The van der Waals surface area contributed by atoms with Crippen molar-refractivity contribution in [2.45, 2.75) is 12.3 Å². The number of hydrogen-bond donors (Lipinski definition) is 0. The quantitative estimate of drug-likeness (QED) is 0.523. The standard InChI is InChI=1S/C12H8BrCl2FO/c1-6-2-7(5-17-6)12(15)8-3-10(14)9(13)4-11(8)16/h2-5,12H,1H3. The topological polar surface area (TPSA) is 13.1 Å². The number of benzene rings is 1. The molecule has 90 valence electrons. The van der Waals surface area contributed by atoms with E-state index in [1.807, 2.05) is 0 Å². The van der Waals surface area contributed by atoms with Crippen molar-refractivity contribution >= 4 is 39.1 Å². The van der Waals surface area contributed by atoms with Crippen LogP contribution < -0.4 is 0 Å². The average molecular weight is 338 g/mol. The summed E-state index contributed by atoms with van der Waals surface area (Å²) in [6.07, 6.45) is 1.52. The van der Waals surface area contributed by atoms with Crippen molar-refractivity contribution in [3.63, 3.8) is 0 Å². The van der Waals surface area contributed by atoms with E-state index in [-0.39, 0.29) is 0 Å². The second-order valence-electron chi connectivity index (χ2n) is 3.64. The highest BCUT2D eigenvalue weighted by molar-refractivity contribution is 9.10. The van der Waals surface area contributed by atoms with Gasteiger partial charge in [0.2, 0.25) is 0 Å². The Morgan fingerprint density at radius 1 is 1.35 bits per heavy atom. The first kappa shape index (κ1) is 12.9. The zero-order chi connectivity index (χ0) is 12.6. The Morgan fingerprint density at radius 3 is 2.65 bits per heavy atom. The molecule has 0 amide bonds. The Balaban J connectivity index is 2.43. The number of rotatable bonds is 2. The summed E-state index contributed by atoms with van der Waals surface area (Å²) >= 11 is 15.3. The molecule has 0 saturated carbocycles. The Morgan fingerprint density at radius 2 is 2.06 bits per heavy atom. The van der Waals surface area contributed by atoms with E-state index >= 15 is 0 Å². The molecule has 1 atom stereocenters. The third kappa shape index (κ3) is 2.67. The van der Waals surface area contributed by atoms with Crippen LogP contribution in [0.2, 0.25) is 5.02 Å². The minimum atomic E-state index is -0.613. The first-order valence-corrected chi connectivity index (χ1v) is 6.43. The Hall–Kier alpha value is -0.510. The molecule has 1 aromatic carbocycles. The molecule has 2 aromatic rings. The molecule has 0 bridgehead atoms. The molecule has 5 heteroatoms. The molecule has 2 rings (SSSR count). The summed E-state index contributed by atoms with van der Waals surface area (Å²) in [7, 11) is 0. The molecular formula is C12H8BrCl2FO. The highest BCUT2D eigenvalue weighted by Crippen LogP contribution is 2.35. The summed E-state index contributed by atoms with van der Waals surface area (Å²) in [4.78, 5) is 0. The van der Waals surface area contributed by atoms with Gasteiger partial charge >= 0.3 is 0 Å². The number of hydrogen-bond acceptors (Lipinski definition) is 1. The van der Waals surface area contributed by atoms with E-state index < -0.39 is 11.2 Å². The average Bonchev–Trinajstić information content (AvgIpc) is 2.69. The number of halogens is 4. The largest absolute Gasteiger partial charge is 0.469 e. The third-order valence-electron chi connectivity index (χ3n) is 2.36. The van der Waals surface area contributed by atoms with Gasteiger partial charge in [-0.1, -0.05) is 11.6 Å². The highest BCUT2D eigenvalue weighted by atomic mass is 79.9. The third-order valence-corrected chi connectivity index (χ3v) is 4.04. The molecule has 1 aromatic heterocycles. The van der Waals surface area contributed by atoms with E-state index in [9.17, 15) is 4.39 Å². The van der Waals surface area contributed by atoms with Crippen molar-refractivity contribution in [2.75, 3.05) is 0 Å². The molecule has 0 radical (unpaired) electrons. The van der Waals surface area contributed by atoms with Crippen LogP contribution in [-0.2, 0) is 0 Å². The van der Waals surface area contributed by atoms with E-state index in [1.54, 1.807) is 13.0 Å². The fraction of sp³-hybridized carbons (Fsp3) is 0.167. The second-order valence-corrected chi connectivity index (χ2v) is 5.34. The maximum absolute atomic E-state index is 13.8. The number of furan rings is 1. The van der Waals surface area contributed by atoms with Crippen molar-refractivity contribution in [3.05, 3.63) is 56.7 Å². The molecular weight excluding hydrogens is 330 g/mol. The lowest BCUT2D eigenvalue weighted by atomic mass is 10.1. The van der Waals surface area contributed by atoms with Crippen LogP contribution in [0.25, 0.3) is 0 Å². The lowest BCUT2D eigenvalue weighted by molar-refractivity contribution is 0.531. The molecule has 0 N–H and O–H groups in total. The lowest BCUT2D eigenvalue weighted by Crippen LogP contribution is -1.96. The van der Waals surface area contributed by atoms with Gasteiger partial charge in [0.15, 0.2) is 0 Å². The summed E-state index contributed by atoms with van der Waals surface area (Å²) in [6, 6.07) is 4.59. The van der Waals surface area contributed by atoms with Gasteiger partial charge in [-0.25, -0.2) is 4.39 Å². The molecule has 1 heterocycles. The molecule has 0 spiro atoms. The van der Waals surface area contributed by atoms with Gasteiger partial charge in [0.05, 0.1) is 16.7 Å². The van der Waals surface area contributed by atoms with E-state index in [0.29, 0.717) is 20.6 Å². The van der Waals surface area contributed by atoms with E-state index in [2.05, 4.69) is 15.9 Å². The summed E-state index contributed by atoms with van der Waals surface area (Å²) in [6.45, 7) is 1.80. The predicted molar refractivity (Wildman–Crippen MR) is 70.3 cm³/mol. The molecule has 0 aliphatic carbocycles. The molecule has 0 fully saturated rings. The molecule has 17 heavy (non-hydrogen) atoms. The zero-order valence-corrected chi connectivity index (χ0v) is 11.9. The monoisotopic (exact) mass is 336 g/mol. The van der Waals surface area contributed by atoms with Gasteiger partial charge in [-0.2, -0.15) is 0 Å². The van der Waals surface area contributed by atoms with Crippen molar-refractivity contribution in [1.82, 2.24) is 0 Å². The smallest absolute Gasteiger partial charge is 0.129 e. The molecule has 1 unspecified atom stereocenters. The molecule has 0 aliphatic heterocycles. The van der Waals surface area contributed by atoms with Crippen molar-refractivity contribution in [2.24, 2.45) is 0 Å². The van der Waals surface area contributed by atoms with Gasteiger partial charge in [-0.15, -0.1) is 11.6 Å². The normalized spacial score (nSPS) is 12.8. The SMILES string of the molecule is Cc1cc(C(Cl)c2cc(Cl)c(Br)cc2F)co1. The van der Waals surface area contributed by atoms with Crippen LogP contribution >= 0.6 is 39.1 Å². The minimum absolute atomic E-state index is 0.334. The van der Waals surface area contributed by atoms with Gasteiger partial charge < -0.3 is 4.42 Å². The predicted octanol–water partition coefficient (Wildman–Crippen LogP) is 5.47. The van der Waals surface area contributed by atoms with Gasteiger partial charge in [0.25, 0.3) is 0 Å². The summed E-state index contributed by atoms with van der Waals surface area (Å²) in [5.74, 6) is 0.328. The van der Waals surface area contributed by atoms with Crippen LogP contribution in [0, 0.1) is 12.7 Å². The van der Waals surface area contributed by atoms with Gasteiger partial charge in [-0.05, 0) is 41.1 Å². The van der Waals surface area contributed by atoms with Crippen LogP contribution in [-0.4, -0.2) is 0 Å². The van der Waals surface area contributed by atoms with Crippen LogP contribution in [0.3, 0.4) is 0 Å². The maximum Gasteiger partial charge on any atom is 0.129 e. The Bertz CT molecular complexity index is 553. The fourth-order valence-electron chi connectivity index (χ4n) is 1.51. The minimum Gasteiger partial charge on any atom is -0.469 e. The first-order valence-electron chi connectivity index (χ1n) is 4.82. The summed E-state index contributed by atoms with van der Waals surface area (Å²) in [5, 5.41) is -0.190. The van der Waals surface area contributed by atoms with Crippen molar-refractivity contribution in [3.8, 4) is 0 Å². The van der Waals surface area contributed by atoms with Crippen LogP contribution in [0.15, 0.2) is 33.4 Å². The van der Waals surface area contributed by atoms with Gasteiger partial charge in [0.1, 0.15) is 11.6 Å². The van der Waals surface area contributed by atoms with E-state index in [0.717, 1.165) is 5.76 Å². The van der Waals surface area contributed by atoms with Crippen LogP contribution in [0.1, 0.15) is 22.3 Å². The molecule has 1 nitrogen and oxygen atoms in total. The maximum atomic E-state index is 13.8. The Kier molecular flexibility index (Phi) is 3.81. The second kappa shape index (κ2) is 5.01. The Labute approximate surface area is 117 Å².